The van der Waals surface area contributed by atoms with Crippen molar-refractivity contribution in [3.8, 4) is 0 Å². The van der Waals surface area contributed by atoms with Crippen LogP contribution in [0.15, 0.2) is 12.2 Å². The second kappa shape index (κ2) is 4.25. The highest BCUT2D eigenvalue weighted by atomic mass is 16.3. The molecule has 2 rings (SSSR count). The van der Waals surface area contributed by atoms with Crippen molar-refractivity contribution >= 4 is 11.8 Å². The number of aliphatic hydroxyl groups is 1. The Morgan fingerprint density at radius 2 is 2.19 bits per heavy atom. The van der Waals surface area contributed by atoms with Gasteiger partial charge in [0.05, 0.1) is 6.54 Å². The molecule has 5 heteroatoms. The molecule has 16 heavy (non-hydrogen) atoms. The fourth-order valence-corrected chi connectivity index (χ4v) is 2.51. The third-order valence-electron chi connectivity index (χ3n) is 3.41. The Bertz CT molecular complexity index is 340. The smallest absolute Gasteiger partial charge is 0.248 e. The Kier molecular flexibility index (Phi) is 2.96. The number of rotatable bonds is 4. The molecule has 0 spiro atoms. The summed E-state index contributed by atoms with van der Waals surface area (Å²) in [5.41, 5.74) is 4.88. The minimum Gasteiger partial charge on any atom is -0.381 e. The molecule has 2 aliphatic carbocycles. The SMILES string of the molecule is NC(=O)C(O)CNC(=O)C1CC2C=CC1C2. The summed E-state index contributed by atoms with van der Waals surface area (Å²) in [4.78, 5) is 22.3. The number of carbonyl (C=O) groups is 2. The van der Waals surface area contributed by atoms with Crippen LogP contribution in [0.25, 0.3) is 0 Å². The lowest BCUT2D eigenvalue weighted by Crippen LogP contribution is -2.42. The van der Waals surface area contributed by atoms with E-state index in [1.54, 1.807) is 0 Å². The molecule has 4 N–H and O–H groups in total. The van der Waals surface area contributed by atoms with Gasteiger partial charge in [-0.05, 0) is 24.7 Å². The summed E-state index contributed by atoms with van der Waals surface area (Å²) in [6, 6.07) is 0. The van der Waals surface area contributed by atoms with Crippen LogP contribution < -0.4 is 11.1 Å². The summed E-state index contributed by atoms with van der Waals surface area (Å²) >= 11 is 0. The van der Waals surface area contributed by atoms with Crippen molar-refractivity contribution in [2.24, 2.45) is 23.5 Å². The highest BCUT2D eigenvalue weighted by Gasteiger charge is 2.39. The molecular weight excluding hydrogens is 208 g/mol. The zero-order valence-electron chi connectivity index (χ0n) is 8.93. The van der Waals surface area contributed by atoms with E-state index in [2.05, 4.69) is 17.5 Å². The molecule has 4 atom stereocenters. The number of amides is 2. The molecule has 0 aliphatic heterocycles. The average Bonchev–Trinajstić information content (AvgIpc) is 2.86. The monoisotopic (exact) mass is 224 g/mol. The molecule has 5 nitrogen and oxygen atoms in total. The van der Waals surface area contributed by atoms with Gasteiger partial charge in [0, 0.05) is 5.92 Å². The van der Waals surface area contributed by atoms with Gasteiger partial charge in [-0.1, -0.05) is 12.2 Å². The first kappa shape index (κ1) is 11.1. The normalized spacial score (nSPS) is 32.7. The Morgan fingerprint density at radius 3 is 2.69 bits per heavy atom. The maximum atomic E-state index is 11.8. The fraction of sp³-hybridized carbons (Fsp3) is 0.636. The van der Waals surface area contributed by atoms with Crippen LogP contribution in [0.3, 0.4) is 0 Å². The lowest BCUT2D eigenvalue weighted by atomic mass is 9.93. The van der Waals surface area contributed by atoms with Gasteiger partial charge in [0.25, 0.3) is 0 Å². The first-order valence-corrected chi connectivity index (χ1v) is 5.51. The van der Waals surface area contributed by atoms with Gasteiger partial charge in [0.1, 0.15) is 6.10 Å². The maximum Gasteiger partial charge on any atom is 0.248 e. The molecule has 88 valence electrons. The summed E-state index contributed by atoms with van der Waals surface area (Å²) in [6.45, 7) is -0.0915. The van der Waals surface area contributed by atoms with Crippen molar-refractivity contribution in [2.45, 2.75) is 18.9 Å². The van der Waals surface area contributed by atoms with Gasteiger partial charge in [0.2, 0.25) is 11.8 Å². The highest BCUT2D eigenvalue weighted by molar-refractivity contribution is 5.82. The largest absolute Gasteiger partial charge is 0.381 e. The van der Waals surface area contributed by atoms with E-state index in [0.29, 0.717) is 11.8 Å². The standard InChI is InChI=1S/C11H16N2O3/c12-10(15)9(14)5-13-11(16)8-4-6-1-2-7(8)3-6/h1-2,6-9,14H,3-5H2,(H2,12,15)(H,13,16). The fourth-order valence-electron chi connectivity index (χ4n) is 2.51. The Balaban J connectivity index is 1.81. The number of fused-ring (bicyclic) bond motifs is 2. The number of allylic oxidation sites excluding steroid dienone is 2. The van der Waals surface area contributed by atoms with Crippen LogP contribution in [-0.4, -0.2) is 29.6 Å². The van der Waals surface area contributed by atoms with Crippen LogP contribution in [0.5, 0.6) is 0 Å². The van der Waals surface area contributed by atoms with Gasteiger partial charge in [-0.15, -0.1) is 0 Å². The van der Waals surface area contributed by atoms with Crippen molar-refractivity contribution in [1.29, 1.82) is 0 Å². The van der Waals surface area contributed by atoms with Crippen LogP contribution in [0.2, 0.25) is 0 Å². The molecular formula is C11H16N2O3. The summed E-state index contributed by atoms with van der Waals surface area (Å²) < 4.78 is 0. The number of aliphatic hydroxyl groups excluding tert-OH is 1. The van der Waals surface area contributed by atoms with Crippen molar-refractivity contribution < 1.29 is 14.7 Å². The van der Waals surface area contributed by atoms with Gasteiger partial charge >= 0.3 is 0 Å². The van der Waals surface area contributed by atoms with Crippen molar-refractivity contribution in [1.82, 2.24) is 5.32 Å². The van der Waals surface area contributed by atoms with E-state index < -0.39 is 12.0 Å². The van der Waals surface area contributed by atoms with E-state index in [4.69, 9.17) is 10.8 Å². The summed E-state index contributed by atoms with van der Waals surface area (Å²) in [5.74, 6) is -0.0436. The van der Waals surface area contributed by atoms with E-state index in [1.807, 2.05) is 0 Å². The average molecular weight is 224 g/mol. The third kappa shape index (κ3) is 2.09. The van der Waals surface area contributed by atoms with Crippen LogP contribution >= 0.6 is 0 Å². The number of carbonyl (C=O) groups excluding carboxylic acids is 2. The molecule has 2 bridgehead atoms. The summed E-state index contributed by atoms with van der Waals surface area (Å²) in [6.07, 6.45) is 4.88. The van der Waals surface area contributed by atoms with E-state index in [9.17, 15) is 9.59 Å². The molecule has 0 heterocycles. The number of hydrogen-bond donors (Lipinski definition) is 3. The van der Waals surface area contributed by atoms with Crippen LogP contribution in [0.4, 0.5) is 0 Å². The van der Waals surface area contributed by atoms with Crippen molar-refractivity contribution in [3.63, 3.8) is 0 Å². The second-order valence-electron chi connectivity index (χ2n) is 4.55. The van der Waals surface area contributed by atoms with Gasteiger partial charge in [-0.2, -0.15) is 0 Å². The van der Waals surface area contributed by atoms with Gasteiger partial charge < -0.3 is 16.2 Å². The molecule has 0 aromatic rings. The molecule has 1 saturated carbocycles. The van der Waals surface area contributed by atoms with Crippen LogP contribution in [0.1, 0.15) is 12.8 Å². The van der Waals surface area contributed by atoms with Crippen LogP contribution in [0, 0.1) is 17.8 Å². The molecule has 0 radical (unpaired) electrons. The Labute approximate surface area is 93.7 Å². The third-order valence-corrected chi connectivity index (χ3v) is 3.41. The van der Waals surface area contributed by atoms with Gasteiger partial charge in [-0.3, -0.25) is 9.59 Å². The number of primary amides is 1. The zero-order chi connectivity index (χ0) is 11.7. The predicted molar refractivity (Wildman–Crippen MR) is 57.1 cm³/mol. The second-order valence-corrected chi connectivity index (χ2v) is 4.55. The quantitative estimate of drug-likeness (QED) is 0.544. The number of hydrogen-bond acceptors (Lipinski definition) is 3. The molecule has 1 fully saturated rings. The van der Waals surface area contributed by atoms with Crippen molar-refractivity contribution in [3.05, 3.63) is 12.2 Å². The van der Waals surface area contributed by atoms with Crippen molar-refractivity contribution in [2.75, 3.05) is 6.54 Å². The lowest BCUT2D eigenvalue weighted by Gasteiger charge is -2.18. The van der Waals surface area contributed by atoms with E-state index in [0.717, 1.165) is 12.8 Å². The first-order valence-electron chi connectivity index (χ1n) is 5.51. The molecule has 0 saturated heterocycles. The van der Waals surface area contributed by atoms with Gasteiger partial charge in [0.15, 0.2) is 0 Å². The number of nitrogens with one attached hydrogen (secondary N) is 1. The summed E-state index contributed by atoms with van der Waals surface area (Å²) in [7, 11) is 0. The summed E-state index contributed by atoms with van der Waals surface area (Å²) in [5, 5.41) is 11.7. The molecule has 0 aromatic carbocycles. The Hall–Kier alpha value is -1.36. The number of nitrogens with two attached hydrogens (primary N) is 1. The molecule has 2 aliphatic rings. The molecule has 2 amide bonds. The zero-order valence-corrected chi connectivity index (χ0v) is 8.93. The van der Waals surface area contributed by atoms with E-state index in [-0.39, 0.29) is 18.4 Å². The highest BCUT2D eigenvalue weighted by Crippen LogP contribution is 2.43. The Morgan fingerprint density at radius 1 is 1.44 bits per heavy atom. The molecule has 4 unspecified atom stereocenters. The lowest BCUT2D eigenvalue weighted by molar-refractivity contribution is -0.128. The first-order chi connectivity index (χ1) is 7.58. The van der Waals surface area contributed by atoms with Crippen LogP contribution in [-0.2, 0) is 9.59 Å². The topological polar surface area (TPSA) is 92.4 Å². The minimum absolute atomic E-state index is 0.00456. The predicted octanol–water partition coefficient (Wildman–Crippen LogP) is -0.839. The van der Waals surface area contributed by atoms with Gasteiger partial charge in [-0.25, -0.2) is 0 Å². The maximum absolute atomic E-state index is 11.8. The van der Waals surface area contributed by atoms with E-state index in [1.165, 1.54) is 0 Å². The molecule has 0 aromatic heterocycles. The minimum atomic E-state index is -1.29. The van der Waals surface area contributed by atoms with E-state index >= 15 is 0 Å².